The van der Waals surface area contributed by atoms with E-state index in [1.54, 1.807) is 18.9 Å². The van der Waals surface area contributed by atoms with Crippen LogP contribution in [0.5, 0.6) is 0 Å². The summed E-state index contributed by atoms with van der Waals surface area (Å²) >= 11 is 0. The van der Waals surface area contributed by atoms with E-state index in [2.05, 4.69) is 10.2 Å². The number of aryl methyl sites for hydroxylation is 1. The number of carbonyl (C=O) groups is 2. The lowest BCUT2D eigenvalue weighted by atomic mass is 10.1. The van der Waals surface area contributed by atoms with Crippen LogP contribution >= 0.6 is 0 Å². The number of rotatable bonds is 4. The standard InChI is InChI=1S/C12H18N4O3/c1-9-13-14-10(19-9)7-15(2)12(18)8-16-6-4-3-5-11(16)17/h3-8H2,1-2H3. The quantitative estimate of drug-likeness (QED) is 0.785. The van der Waals surface area contributed by atoms with Crippen molar-refractivity contribution in [3.05, 3.63) is 11.8 Å². The van der Waals surface area contributed by atoms with E-state index in [9.17, 15) is 9.59 Å². The highest BCUT2D eigenvalue weighted by Gasteiger charge is 2.22. The number of nitrogens with zero attached hydrogens (tertiary/aromatic N) is 4. The van der Waals surface area contributed by atoms with Crippen LogP contribution in [0.4, 0.5) is 0 Å². The van der Waals surface area contributed by atoms with Crippen molar-refractivity contribution in [1.82, 2.24) is 20.0 Å². The summed E-state index contributed by atoms with van der Waals surface area (Å²) < 4.78 is 5.22. The van der Waals surface area contributed by atoms with Crippen LogP contribution in [0, 0.1) is 6.92 Å². The van der Waals surface area contributed by atoms with Crippen LogP contribution < -0.4 is 0 Å². The van der Waals surface area contributed by atoms with Crippen molar-refractivity contribution < 1.29 is 14.0 Å². The molecule has 0 bridgehead atoms. The van der Waals surface area contributed by atoms with Crippen molar-refractivity contribution in [2.24, 2.45) is 0 Å². The van der Waals surface area contributed by atoms with Gasteiger partial charge in [-0.05, 0) is 12.8 Å². The van der Waals surface area contributed by atoms with Gasteiger partial charge in [-0.1, -0.05) is 0 Å². The van der Waals surface area contributed by atoms with Crippen molar-refractivity contribution in [1.29, 1.82) is 0 Å². The first-order valence-corrected chi connectivity index (χ1v) is 6.37. The molecule has 1 aliphatic rings. The van der Waals surface area contributed by atoms with Gasteiger partial charge in [0.05, 0.1) is 13.1 Å². The lowest BCUT2D eigenvalue weighted by molar-refractivity contribution is -0.141. The number of amides is 2. The van der Waals surface area contributed by atoms with Crippen LogP contribution in [-0.4, -0.2) is 51.9 Å². The summed E-state index contributed by atoms with van der Waals surface area (Å²) in [6, 6.07) is 0. The monoisotopic (exact) mass is 266 g/mol. The molecule has 2 rings (SSSR count). The van der Waals surface area contributed by atoms with E-state index >= 15 is 0 Å². The molecule has 2 heterocycles. The number of aromatic nitrogens is 2. The summed E-state index contributed by atoms with van der Waals surface area (Å²) in [5, 5.41) is 7.55. The molecule has 1 aromatic heterocycles. The Morgan fingerprint density at radius 2 is 2.21 bits per heavy atom. The minimum atomic E-state index is -0.119. The Hall–Kier alpha value is -1.92. The fourth-order valence-electron chi connectivity index (χ4n) is 2.01. The van der Waals surface area contributed by atoms with Gasteiger partial charge in [-0.15, -0.1) is 10.2 Å². The first-order chi connectivity index (χ1) is 9.06. The Kier molecular flexibility index (Phi) is 4.13. The van der Waals surface area contributed by atoms with Crippen molar-refractivity contribution in [2.45, 2.75) is 32.7 Å². The van der Waals surface area contributed by atoms with Gasteiger partial charge in [0.1, 0.15) is 0 Å². The second-order valence-corrected chi connectivity index (χ2v) is 4.74. The molecule has 0 spiro atoms. The molecule has 2 amide bonds. The van der Waals surface area contributed by atoms with E-state index in [4.69, 9.17) is 4.42 Å². The van der Waals surface area contributed by atoms with Crippen LogP contribution in [0.15, 0.2) is 4.42 Å². The molecule has 0 unspecified atom stereocenters. The zero-order valence-electron chi connectivity index (χ0n) is 11.3. The average Bonchev–Trinajstić information content (AvgIpc) is 2.77. The van der Waals surface area contributed by atoms with E-state index in [1.165, 1.54) is 4.90 Å². The molecule has 7 nitrogen and oxygen atoms in total. The lowest BCUT2D eigenvalue weighted by Crippen LogP contribution is -2.43. The number of hydrogen-bond acceptors (Lipinski definition) is 5. The van der Waals surface area contributed by atoms with Gasteiger partial charge in [0.25, 0.3) is 0 Å². The average molecular weight is 266 g/mol. The molecule has 1 fully saturated rings. The van der Waals surface area contributed by atoms with Gasteiger partial charge in [0, 0.05) is 26.9 Å². The Bertz CT molecular complexity index is 471. The van der Waals surface area contributed by atoms with E-state index in [-0.39, 0.29) is 24.9 Å². The maximum Gasteiger partial charge on any atom is 0.242 e. The normalized spacial score (nSPS) is 15.7. The van der Waals surface area contributed by atoms with E-state index < -0.39 is 0 Å². The largest absolute Gasteiger partial charge is 0.424 e. The van der Waals surface area contributed by atoms with Crippen LogP contribution in [0.3, 0.4) is 0 Å². The van der Waals surface area contributed by atoms with E-state index in [1.807, 2.05) is 0 Å². The zero-order valence-corrected chi connectivity index (χ0v) is 11.3. The Labute approximate surface area is 111 Å². The molecular weight excluding hydrogens is 248 g/mol. The zero-order chi connectivity index (χ0) is 13.8. The molecular formula is C12H18N4O3. The van der Waals surface area contributed by atoms with Crippen LogP contribution in [0.2, 0.25) is 0 Å². The highest BCUT2D eigenvalue weighted by atomic mass is 16.4. The fourth-order valence-corrected chi connectivity index (χ4v) is 2.01. The maximum atomic E-state index is 12.0. The molecule has 0 saturated carbocycles. The van der Waals surface area contributed by atoms with Gasteiger partial charge >= 0.3 is 0 Å². The van der Waals surface area contributed by atoms with Crippen LogP contribution in [0.1, 0.15) is 31.0 Å². The van der Waals surface area contributed by atoms with Crippen LogP contribution in [0.25, 0.3) is 0 Å². The van der Waals surface area contributed by atoms with E-state index in [0.29, 0.717) is 24.7 Å². The molecule has 0 N–H and O–H groups in total. The summed E-state index contributed by atoms with van der Waals surface area (Å²) in [6.45, 7) is 2.76. The number of hydrogen-bond donors (Lipinski definition) is 0. The minimum Gasteiger partial charge on any atom is -0.424 e. The minimum absolute atomic E-state index is 0.0571. The predicted octanol–water partition coefficient (Wildman–Crippen LogP) is 0.349. The third-order valence-electron chi connectivity index (χ3n) is 3.11. The van der Waals surface area contributed by atoms with Gasteiger partial charge in [-0.2, -0.15) is 0 Å². The number of carbonyl (C=O) groups excluding carboxylic acids is 2. The predicted molar refractivity (Wildman–Crippen MR) is 65.9 cm³/mol. The van der Waals surface area contributed by atoms with Crippen molar-refractivity contribution in [2.75, 3.05) is 20.1 Å². The number of piperidine rings is 1. The highest BCUT2D eigenvalue weighted by molar-refractivity contribution is 5.85. The highest BCUT2D eigenvalue weighted by Crippen LogP contribution is 2.11. The van der Waals surface area contributed by atoms with E-state index in [0.717, 1.165) is 12.8 Å². The summed E-state index contributed by atoms with van der Waals surface area (Å²) in [5.41, 5.74) is 0. The van der Waals surface area contributed by atoms with Crippen molar-refractivity contribution >= 4 is 11.8 Å². The summed E-state index contributed by atoms with van der Waals surface area (Å²) in [6.07, 6.45) is 2.42. The SMILES string of the molecule is Cc1nnc(CN(C)C(=O)CN2CCCCC2=O)o1. The first kappa shape index (κ1) is 13.5. The van der Waals surface area contributed by atoms with Crippen molar-refractivity contribution in [3.63, 3.8) is 0 Å². The van der Waals surface area contributed by atoms with Crippen LogP contribution in [-0.2, 0) is 16.1 Å². The Morgan fingerprint density at radius 3 is 2.84 bits per heavy atom. The molecule has 7 heteroatoms. The second-order valence-electron chi connectivity index (χ2n) is 4.74. The second kappa shape index (κ2) is 5.81. The molecule has 19 heavy (non-hydrogen) atoms. The van der Waals surface area contributed by atoms with Gasteiger partial charge in [-0.3, -0.25) is 9.59 Å². The third-order valence-corrected chi connectivity index (χ3v) is 3.11. The Morgan fingerprint density at radius 1 is 1.42 bits per heavy atom. The van der Waals surface area contributed by atoms with Gasteiger partial charge in [0.15, 0.2) is 0 Å². The summed E-state index contributed by atoms with van der Waals surface area (Å²) in [4.78, 5) is 26.7. The third kappa shape index (κ3) is 3.52. The first-order valence-electron chi connectivity index (χ1n) is 6.37. The number of likely N-dealkylation sites (N-methyl/N-ethyl adjacent to an activating group) is 1. The molecule has 0 aliphatic carbocycles. The molecule has 1 aromatic rings. The van der Waals surface area contributed by atoms with Gasteiger partial charge in [0.2, 0.25) is 23.6 Å². The molecule has 1 aliphatic heterocycles. The topological polar surface area (TPSA) is 79.5 Å². The Balaban J connectivity index is 1.86. The molecule has 0 atom stereocenters. The number of likely N-dealkylation sites (tertiary alicyclic amines) is 1. The van der Waals surface area contributed by atoms with Gasteiger partial charge in [-0.25, -0.2) is 0 Å². The summed E-state index contributed by atoms with van der Waals surface area (Å²) in [7, 11) is 1.66. The fraction of sp³-hybridized carbons (Fsp3) is 0.667. The molecule has 0 radical (unpaired) electrons. The maximum absolute atomic E-state index is 12.0. The summed E-state index contributed by atoms with van der Waals surface area (Å²) in [5.74, 6) is 0.813. The molecule has 0 aromatic carbocycles. The lowest BCUT2D eigenvalue weighted by Gasteiger charge is -2.27. The molecule has 1 saturated heterocycles. The van der Waals surface area contributed by atoms with Crippen molar-refractivity contribution in [3.8, 4) is 0 Å². The van der Waals surface area contributed by atoms with Gasteiger partial charge < -0.3 is 14.2 Å². The smallest absolute Gasteiger partial charge is 0.242 e. The molecule has 104 valence electrons.